The van der Waals surface area contributed by atoms with Crippen molar-refractivity contribution < 1.29 is 28.6 Å². The SMILES string of the molecule is CCC(=O)C1=C(O)C(=O)N(c2ccc(F)c(F)c2)C1c1ccc(O)c(Cl)c1. The van der Waals surface area contributed by atoms with Crippen LogP contribution >= 0.6 is 11.6 Å². The fourth-order valence-corrected chi connectivity index (χ4v) is 3.18. The molecule has 0 bridgehead atoms. The third kappa shape index (κ3) is 3.14. The first-order chi connectivity index (χ1) is 12.8. The number of benzene rings is 2. The largest absolute Gasteiger partial charge is 0.506 e. The van der Waals surface area contributed by atoms with Crippen LogP contribution in [0.25, 0.3) is 0 Å². The second-order valence-corrected chi connectivity index (χ2v) is 6.33. The maximum Gasteiger partial charge on any atom is 0.294 e. The van der Waals surface area contributed by atoms with Crippen LogP contribution in [0.3, 0.4) is 0 Å². The van der Waals surface area contributed by atoms with Crippen molar-refractivity contribution in [3.8, 4) is 5.75 Å². The van der Waals surface area contributed by atoms with Gasteiger partial charge in [-0.15, -0.1) is 0 Å². The van der Waals surface area contributed by atoms with E-state index in [0.29, 0.717) is 5.56 Å². The summed E-state index contributed by atoms with van der Waals surface area (Å²) in [5, 5.41) is 19.9. The Kier molecular flexibility index (Phi) is 4.89. The van der Waals surface area contributed by atoms with Crippen molar-refractivity contribution in [1.82, 2.24) is 0 Å². The molecule has 140 valence electrons. The second kappa shape index (κ2) is 7.00. The number of halogens is 3. The van der Waals surface area contributed by atoms with Crippen LogP contribution in [0.2, 0.25) is 5.02 Å². The predicted molar refractivity (Wildman–Crippen MR) is 94.7 cm³/mol. The highest BCUT2D eigenvalue weighted by Gasteiger charge is 2.44. The van der Waals surface area contributed by atoms with E-state index in [1.54, 1.807) is 6.92 Å². The summed E-state index contributed by atoms with van der Waals surface area (Å²) in [5.41, 5.74) is 0.101. The number of aromatic hydroxyl groups is 1. The summed E-state index contributed by atoms with van der Waals surface area (Å²) in [6, 6.07) is 5.74. The molecule has 2 aromatic carbocycles. The zero-order valence-corrected chi connectivity index (χ0v) is 14.8. The third-order valence-electron chi connectivity index (χ3n) is 4.30. The molecule has 1 unspecified atom stereocenters. The Morgan fingerprint density at radius 2 is 1.85 bits per heavy atom. The van der Waals surface area contributed by atoms with Gasteiger partial charge >= 0.3 is 0 Å². The molecule has 2 aromatic rings. The summed E-state index contributed by atoms with van der Waals surface area (Å²) in [4.78, 5) is 26.0. The fourth-order valence-electron chi connectivity index (χ4n) is 2.99. The number of amides is 1. The summed E-state index contributed by atoms with van der Waals surface area (Å²) in [7, 11) is 0. The Morgan fingerprint density at radius 1 is 1.15 bits per heavy atom. The second-order valence-electron chi connectivity index (χ2n) is 5.93. The molecule has 27 heavy (non-hydrogen) atoms. The van der Waals surface area contributed by atoms with Gasteiger partial charge in [0.05, 0.1) is 16.6 Å². The molecule has 0 aromatic heterocycles. The minimum absolute atomic E-state index is 0.0145. The first kappa shape index (κ1) is 18.8. The van der Waals surface area contributed by atoms with E-state index in [4.69, 9.17) is 11.6 Å². The van der Waals surface area contributed by atoms with Crippen LogP contribution in [0.15, 0.2) is 47.7 Å². The van der Waals surface area contributed by atoms with E-state index < -0.39 is 35.1 Å². The molecule has 0 aliphatic carbocycles. The van der Waals surface area contributed by atoms with E-state index in [1.807, 2.05) is 0 Å². The molecule has 1 heterocycles. The lowest BCUT2D eigenvalue weighted by atomic mass is 9.94. The van der Waals surface area contributed by atoms with Crippen LogP contribution < -0.4 is 4.90 Å². The number of aliphatic hydroxyl groups excluding tert-OH is 1. The summed E-state index contributed by atoms with van der Waals surface area (Å²) < 4.78 is 27.0. The van der Waals surface area contributed by atoms with Gasteiger partial charge in [-0.1, -0.05) is 24.6 Å². The number of phenolic OH excluding ortho intramolecular Hbond substituents is 1. The maximum atomic E-state index is 13.7. The van der Waals surface area contributed by atoms with Crippen molar-refractivity contribution in [2.75, 3.05) is 4.90 Å². The molecular formula is C19H14ClF2NO4. The van der Waals surface area contributed by atoms with Crippen molar-refractivity contribution >= 4 is 29.0 Å². The summed E-state index contributed by atoms with van der Waals surface area (Å²) in [6.07, 6.45) is 0.0145. The van der Waals surface area contributed by atoms with Gasteiger partial charge in [-0.2, -0.15) is 0 Å². The Bertz CT molecular complexity index is 990. The molecular weight excluding hydrogens is 380 g/mol. The highest BCUT2D eigenvalue weighted by Crippen LogP contribution is 2.42. The molecule has 0 radical (unpaired) electrons. The van der Waals surface area contributed by atoms with Gasteiger partial charge < -0.3 is 10.2 Å². The molecule has 8 heteroatoms. The Balaban J connectivity index is 2.21. The minimum Gasteiger partial charge on any atom is -0.506 e. The zero-order chi connectivity index (χ0) is 19.9. The van der Waals surface area contributed by atoms with E-state index in [1.165, 1.54) is 18.2 Å². The number of rotatable bonds is 4. The molecule has 3 rings (SSSR count). The van der Waals surface area contributed by atoms with Gasteiger partial charge in [0, 0.05) is 18.2 Å². The number of ketones is 1. The molecule has 1 atom stereocenters. The highest BCUT2D eigenvalue weighted by atomic mass is 35.5. The minimum atomic E-state index is -1.18. The lowest BCUT2D eigenvalue weighted by molar-refractivity contribution is -0.118. The molecule has 2 N–H and O–H groups in total. The molecule has 0 saturated heterocycles. The van der Waals surface area contributed by atoms with E-state index in [0.717, 1.165) is 23.1 Å². The Morgan fingerprint density at radius 3 is 2.44 bits per heavy atom. The zero-order valence-electron chi connectivity index (χ0n) is 14.0. The van der Waals surface area contributed by atoms with Gasteiger partial charge in [-0.25, -0.2) is 8.78 Å². The molecule has 1 aliphatic rings. The number of anilines is 1. The predicted octanol–water partition coefficient (Wildman–Crippen LogP) is 4.20. The molecule has 5 nitrogen and oxygen atoms in total. The maximum absolute atomic E-state index is 13.7. The summed E-state index contributed by atoms with van der Waals surface area (Å²) >= 11 is 5.94. The van der Waals surface area contributed by atoms with Gasteiger partial charge in [-0.05, 0) is 29.8 Å². The van der Waals surface area contributed by atoms with Crippen LogP contribution in [-0.2, 0) is 9.59 Å². The lowest BCUT2D eigenvalue weighted by Crippen LogP contribution is -2.31. The Labute approximate surface area is 158 Å². The van der Waals surface area contributed by atoms with Crippen LogP contribution in [0.5, 0.6) is 5.75 Å². The quantitative estimate of drug-likeness (QED) is 0.816. The first-order valence-electron chi connectivity index (χ1n) is 7.99. The van der Waals surface area contributed by atoms with Crippen LogP contribution in [0, 0.1) is 11.6 Å². The molecule has 1 aliphatic heterocycles. The van der Waals surface area contributed by atoms with E-state index >= 15 is 0 Å². The van der Waals surface area contributed by atoms with Crippen LogP contribution in [0.4, 0.5) is 14.5 Å². The first-order valence-corrected chi connectivity index (χ1v) is 8.37. The number of hydrogen-bond donors (Lipinski definition) is 2. The van der Waals surface area contributed by atoms with Crippen molar-refractivity contribution in [3.05, 3.63) is 70.0 Å². The van der Waals surface area contributed by atoms with E-state index in [9.17, 15) is 28.6 Å². The number of Topliss-reactive ketones (excluding diaryl/α,β-unsaturated/α-hetero) is 1. The molecule has 0 spiro atoms. The lowest BCUT2D eigenvalue weighted by Gasteiger charge is -2.27. The fraction of sp³-hybridized carbons (Fsp3) is 0.158. The standard InChI is InChI=1S/C19H14ClF2NO4/c1-2-14(24)16-17(9-3-6-15(25)11(20)7-9)23(19(27)18(16)26)10-4-5-12(21)13(22)8-10/h3-8,17,25-26H,2H2,1H3. The van der Waals surface area contributed by atoms with E-state index in [2.05, 4.69) is 0 Å². The van der Waals surface area contributed by atoms with Crippen molar-refractivity contribution in [2.45, 2.75) is 19.4 Å². The van der Waals surface area contributed by atoms with Crippen LogP contribution in [0.1, 0.15) is 24.9 Å². The Hall–Kier alpha value is -2.93. The van der Waals surface area contributed by atoms with Crippen LogP contribution in [-0.4, -0.2) is 21.9 Å². The molecule has 0 saturated carbocycles. The number of carbonyl (C=O) groups is 2. The number of aliphatic hydroxyl groups is 1. The number of nitrogens with zero attached hydrogens (tertiary/aromatic N) is 1. The number of phenols is 1. The average molecular weight is 394 g/mol. The van der Waals surface area contributed by atoms with Crippen molar-refractivity contribution in [2.24, 2.45) is 0 Å². The molecule has 0 fully saturated rings. The topological polar surface area (TPSA) is 77.8 Å². The average Bonchev–Trinajstić information content (AvgIpc) is 2.90. The third-order valence-corrected chi connectivity index (χ3v) is 4.60. The smallest absolute Gasteiger partial charge is 0.294 e. The number of hydrogen-bond acceptors (Lipinski definition) is 4. The van der Waals surface area contributed by atoms with Gasteiger partial charge in [-0.3, -0.25) is 14.5 Å². The van der Waals surface area contributed by atoms with E-state index in [-0.39, 0.29) is 28.5 Å². The molecule has 1 amide bonds. The van der Waals surface area contributed by atoms with Gasteiger partial charge in [0.25, 0.3) is 5.91 Å². The monoisotopic (exact) mass is 393 g/mol. The summed E-state index contributed by atoms with van der Waals surface area (Å²) in [6.45, 7) is 1.56. The number of carbonyl (C=O) groups excluding carboxylic acids is 2. The van der Waals surface area contributed by atoms with Gasteiger partial charge in [0.1, 0.15) is 5.75 Å². The normalized spacial score (nSPS) is 17.0. The summed E-state index contributed by atoms with van der Waals surface area (Å²) in [5.74, 6) is -4.66. The van der Waals surface area contributed by atoms with Gasteiger partial charge in [0.2, 0.25) is 0 Å². The van der Waals surface area contributed by atoms with Crippen molar-refractivity contribution in [1.29, 1.82) is 0 Å². The van der Waals surface area contributed by atoms with Gasteiger partial charge in [0.15, 0.2) is 23.2 Å². The highest BCUT2D eigenvalue weighted by molar-refractivity contribution is 6.32. The van der Waals surface area contributed by atoms with Crippen molar-refractivity contribution in [3.63, 3.8) is 0 Å².